The lowest BCUT2D eigenvalue weighted by molar-refractivity contribution is 0.0196. The maximum Gasteiger partial charge on any atom is 0.410 e. The highest BCUT2D eigenvalue weighted by atomic mass is 16.6. The predicted molar refractivity (Wildman–Crippen MR) is 125 cm³/mol. The van der Waals surface area contributed by atoms with Gasteiger partial charge in [-0.25, -0.2) is 14.8 Å². The van der Waals surface area contributed by atoms with E-state index in [1.165, 1.54) is 0 Å². The molecule has 7 heteroatoms. The Labute approximate surface area is 188 Å². The number of nitrogens with zero attached hydrogens (tertiary/aromatic N) is 4. The molecule has 0 aliphatic carbocycles. The molecule has 0 spiro atoms. The molecule has 0 radical (unpaired) electrons. The van der Waals surface area contributed by atoms with Gasteiger partial charge in [0.05, 0.1) is 5.69 Å². The molecule has 1 aliphatic rings. The second kappa shape index (κ2) is 9.34. The molecule has 32 heavy (non-hydrogen) atoms. The Morgan fingerprint density at radius 1 is 1.09 bits per heavy atom. The summed E-state index contributed by atoms with van der Waals surface area (Å²) in [7, 11) is 0. The number of anilines is 2. The monoisotopic (exact) mass is 431 g/mol. The zero-order chi connectivity index (χ0) is 22.6. The Morgan fingerprint density at radius 3 is 2.56 bits per heavy atom. The van der Waals surface area contributed by atoms with Crippen molar-refractivity contribution in [3.8, 4) is 11.3 Å². The summed E-state index contributed by atoms with van der Waals surface area (Å²) in [5.74, 6) is 1.49. The number of ether oxygens (including phenoxy) is 1. The molecule has 1 saturated heterocycles. The summed E-state index contributed by atoms with van der Waals surface area (Å²) in [5, 5.41) is 3.39. The molecule has 1 fully saturated rings. The highest BCUT2D eigenvalue weighted by Gasteiger charge is 2.30. The van der Waals surface area contributed by atoms with Gasteiger partial charge in [-0.2, -0.15) is 0 Å². The number of carbonyl (C=O) groups excluding carboxylic acids is 1. The molecule has 3 heterocycles. The van der Waals surface area contributed by atoms with E-state index in [9.17, 15) is 4.79 Å². The van der Waals surface area contributed by atoms with Crippen LogP contribution in [0.25, 0.3) is 11.3 Å². The summed E-state index contributed by atoms with van der Waals surface area (Å²) in [5.41, 5.74) is 2.23. The number of piperidine rings is 1. The third-order valence-corrected chi connectivity index (χ3v) is 5.20. The molecule has 1 aliphatic heterocycles. The van der Waals surface area contributed by atoms with Crippen LogP contribution in [0.1, 0.15) is 45.4 Å². The van der Waals surface area contributed by atoms with Gasteiger partial charge in [-0.1, -0.05) is 18.2 Å². The minimum absolute atomic E-state index is 0.0365. The van der Waals surface area contributed by atoms with E-state index in [0.717, 1.165) is 41.4 Å². The average molecular weight is 432 g/mol. The van der Waals surface area contributed by atoms with Crippen molar-refractivity contribution >= 4 is 17.6 Å². The Hall–Kier alpha value is -3.48. The van der Waals surface area contributed by atoms with Gasteiger partial charge < -0.3 is 15.0 Å². The number of pyridine rings is 1. The van der Waals surface area contributed by atoms with E-state index in [1.54, 1.807) is 17.3 Å². The molecule has 1 N–H and O–H groups in total. The van der Waals surface area contributed by atoms with Crippen molar-refractivity contribution in [1.29, 1.82) is 0 Å². The number of nitrogens with one attached hydrogen (secondary N) is 1. The van der Waals surface area contributed by atoms with E-state index in [0.29, 0.717) is 13.1 Å². The number of carbonyl (C=O) groups is 1. The van der Waals surface area contributed by atoms with E-state index >= 15 is 0 Å². The number of hydrogen-bond acceptors (Lipinski definition) is 6. The molecule has 166 valence electrons. The quantitative estimate of drug-likeness (QED) is 0.596. The van der Waals surface area contributed by atoms with Crippen molar-refractivity contribution in [3.63, 3.8) is 0 Å². The zero-order valence-electron chi connectivity index (χ0n) is 18.8. The Morgan fingerprint density at radius 2 is 1.84 bits per heavy atom. The van der Waals surface area contributed by atoms with Crippen molar-refractivity contribution in [3.05, 3.63) is 66.7 Å². The summed E-state index contributed by atoms with van der Waals surface area (Å²) in [4.78, 5) is 28.2. The molecule has 3 aromatic rings. The third kappa shape index (κ3) is 5.60. The highest BCUT2D eigenvalue weighted by molar-refractivity contribution is 5.68. The molecule has 1 aromatic carbocycles. The van der Waals surface area contributed by atoms with Crippen LogP contribution in [0.2, 0.25) is 0 Å². The van der Waals surface area contributed by atoms with Crippen LogP contribution in [0.3, 0.4) is 0 Å². The van der Waals surface area contributed by atoms with E-state index < -0.39 is 5.60 Å². The topological polar surface area (TPSA) is 80.2 Å². The molecule has 2 aromatic heterocycles. The molecule has 0 saturated carbocycles. The van der Waals surface area contributed by atoms with Gasteiger partial charge in [0.25, 0.3) is 0 Å². The highest BCUT2D eigenvalue weighted by Crippen LogP contribution is 2.29. The first-order valence-corrected chi connectivity index (χ1v) is 11.0. The fraction of sp³-hybridized carbons (Fsp3) is 0.360. The summed E-state index contributed by atoms with van der Waals surface area (Å²) < 4.78 is 5.58. The molecule has 1 amide bonds. The molecule has 1 unspecified atom stereocenters. The standard InChI is InChI=1S/C25H29N5O2/c1-25(2,3)32-24(31)30-15-7-8-19(17-30)23-28-21(18-11-13-26-14-12-18)16-22(29-23)27-20-9-5-4-6-10-20/h4-6,9-14,16,19H,7-8,15,17H2,1-3H3,(H,27,28,29). The van der Waals surface area contributed by atoms with Gasteiger partial charge in [-0.3, -0.25) is 4.98 Å². The minimum Gasteiger partial charge on any atom is -0.444 e. The molecular formula is C25H29N5O2. The van der Waals surface area contributed by atoms with Crippen molar-refractivity contribution < 1.29 is 9.53 Å². The van der Waals surface area contributed by atoms with Crippen molar-refractivity contribution in [2.75, 3.05) is 18.4 Å². The van der Waals surface area contributed by atoms with Crippen LogP contribution >= 0.6 is 0 Å². The van der Waals surface area contributed by atoms with Crippen molar-refractivity contribution in [2.24, 2.45) is 0 Å². The van der Waals surface area contributed by atoms with E-state index in [-0.39, 0.29) is 12.0 Å². The number of likely N-dealkylation sites (tertiary alicyclic amines) is 1. The van der Waals surface area contributed by atoms with Gasteiger partial charge in [0.1, 0.15) is 17.2 Å². The maximum absolute atomic E-state index is 12.6. The third-order valence-electron chi connectivity index (χ3n) is 5.20. The predicted octanol–water partition coefficient (Wildman–Crippen LogP) is 5.40. The van der Waals surface area contributed by atoms with Gasteiger partial charge in [0.15, 0.2) is 0 Å². The van der Waals surface area contributed by atoms with Gasteiger partial charge in [-0.15, -0.1) is 0 Å². The fourth-order valence-corrected chi connectivity index (χ4v) is 3.73. The Balaban J connectivity index is 1.63. The van der Waals surface area contributed by atoms with Crippen molar-refractivity contribution in [1.82, 2.24) is 19.9 Å². The smallest absolute Gasteiger partial charge is 0.410 e. The van der Waals surface area contributed by atoms with E-state index in [2.05, 4.69) is 10.3 Å². The average Bonchev–Trinajstić information content (AvgIpc) is 2.79. The van der Waals surface area contributed by atoms with E-state index in [1.807, 2.05) is 69.3 Å². The fourth-order valence-electron chi connectivity index (χ4n) is 3.73. The second-order valence-electron chi connectivity index (χ2n) is 8.99. The van der Waals surface area contributed by atoms with Gasteiger partial charge in [0.2, 0.25) is 0 Å². The zero-order valence-corrected chi connectivity index (χ0v) is 18.8. The molecule has 7 nitrogen and oxygen atoms in total. The number of aromatic nitrogens is 3. The number of rotatable bonds is 4. The summed E-state index contributed by atoms with van der Waals surface area (Å²) in [6.45, 7) is 6.88. The number of benzene rings is 1. The lowest BCUT2D eigenvalue weighted by Crippen LogP contribution is -2.42. The molecule has 1 atom stereocenters. The SMILES string of the molecule is CC(C)(C)OC(=O)N1CCCC(c2nc(Nc3ccccc3)cc(-c3ccncc3)n2)C1. The maximum atomic E-state index is 12.6. The molecular weight excluding hydrogens is 402 g/mol. The first-order chi connectivity index (χ1) is 15.4. The van der Waals surface area contributed by atoms with E-state index in [4.69, 9.17) is 14.7 Å². The normalized spacial score (nSPS) is 16.5. The van der Waals surface area contributed by atoms with Gasteiger partial charge in [-0.05, 0) is 57.9 Å². The lowest BCUT2D eigenvalue weighted by Gasteiger charge is -2.33. The van der Waals surface area contributed by atoms with Crippen LogP contribution < -0.4 is 5.32 Å². The van der Waals surface area contributed by atoms with Crippen LogP contribution in [0.4, 0.5) is 16.3 Å². The second-order valence-corrected chi connectivity index (χ2v) is 8.99. The van der Waals surface area contributed by atoms with Gasteiger partial charge in [0, 0.05) is 48.7 Å². The lowest BCUT2D eigenvalue weighted by atomic mass is 9.97. The number of amides is 1. The molecule has 0 bridgehead atoms. The Kier molecular flexibility index (Phi) is 6.35. The van der Waals surface area contributed by atoms with Crippen molar-refractivity contribution in [2.45, 2.75) is 45.1 Å². The Bertz CT molecular complexity index is 1050. The number of hydrogen-bond donors (Lipinski definition) is 1. The summed E-state index contributed by atoms with van der Waals surface area (Å²) >= 11 is 0. The first-order valence-electron chi connectivity index (χ1n) is 11.0. The summed E-state index contributed by atoms with van der Waals surface area (Å²) in [6, 6.07) is 15.8. The van der Waals surface area contributed by atoms with Crippen LogP contribution in [0.5, 0.6) is 0 Å². The van der Waals surface area contributed by atoms with Gasteiger partial charge >= 0.3 is 6.09 Å². The van der Waals surface area contributed by atoms with Crippen LogP contribution in [0, 0.1) is 0 Å². The molecule has 4 rings (SSSR count). The first kappa shape index (κ1) is 21.7. The van der Waals surface area contributed by atoms with Crippen LogP contribution in [-0.2, 0) is 4.74 Å². The number of para-hydroxylation sites is 1. The largest absolute Gasteiger partial charge is 0.444 e. The minimum atomic E-state index is -0.519. The summed E-state index contributed by atoms with van der Waals surface area (Å²) in [6.07, 6.45) is 5.03. The van der Waals surface area contributed by atoms with Crippen LogP contribution in [0.15, 0.2) is 60.9 Å². The van der Waals surface area contributed by atoms with Crippen LogP contribution in [-0.4, -0.2) is 44.6 Å².